The molecule has 4 N–H and O–H groups in total. The van der Waals surface area contributed by atoms with Gasteiger partial charge in [-0.1, -0.05) is 81.3 Å². The number of aliphatic carboxylic acids is 1. The van der Waals surface area contributed by atoms with E-state index in [0.29, 0.717) is 23.3 Å². The maximum absolute atomic E-state index is 12.8. The van der Waals surface area contributed by atoms with Crippen LogP contribution < -0.4 is 10.6 Å². The van der Waals surface area contributed by atoms with E-state index in [1.54, 1.807) is 6.08 Å². The number of carbonyl (C=O) groups excluding carboxylic acids is 1. The topological polar surface area (TPSA) is 98.7 Å². The lowest BCUT2D eigenvalue weighted by atomic mass is 9.95. The van der Waals surface area contributed by atoms with Gasteiger partial charge in [-0.15, -0.1) is 0 Å². The molecule has 1 aromatic rings. The molecule has 0 unspecified atom stereocenters. The smallest absolute Gasteiger partial charge is 0.328 e. The molecule has 39 heavy (non-hydrogen) atoms. The summed E-state index contributed by atoms with van der Waals surface area (Å²) in [5.74, 6) is -1.56. The van der Waals surface area contributed by atoms with Crippen molar-refractivity contribution in [1.82, 2.24) is 10.6 Å². The van der Waals surface area contributed by atoms with Crippen molar-refractivity contribution >= 4 is 11.9 Å². The Morgan fingerprint density at radius 1 is 1.08 bits per heavy atom. The minimum Gasteiger partial charge on any atom is -0.516 e. The Hall–Kier alpha value is -4.84. The molecule has 0 spiro atoms. The van der Waals surface area contributed by atoms with Crippen LogP contribution in [0.5, 0.6) is 0 Å². The van der Waals surface area contributed by atoms with Crippen molar-refractivity contribution in [2.45, 2.75) is 32.7 Å². The molecule has 1 amide bonds. The molecule has 0 bridgehead atoms. The van der Waals surface area contributed by atoms with Gasteiger partial charge in [-0.05, 0) is 66.4 Å². The monoisotopic (exact) mass is 524 g/mol. The molecule has 6 nitrogen and oxygen atoms in total. The third-order valence-corrected chi connectivity index (χ3v) is 5.93. The lowest BCUT2D eigenvalue weighted by molar-refractivity contribution is -0.131. The fourth-order valence-corrected chi connectivity index (χ4v) is 3.77. The van der Waals surface area contributed by atoms with Gasteiger partial charge in [-0.3, -0.25) is 4.79 Å². The number of hydrogen-bond donors (Lipinski definition) is 4. The zero-order valence-corrected chi connectivity index (χ0v) is 22.5. The normalized spacial score (nSPS) is 14.8. The van der Waals surface area contributed by atoms with E-state index in [1.807, 2.05) is 68.5 Å². The van der Waals surface area contributed by atoms with E-state index in [1.165, 1.54) is 18.2 Å². The second-order valence-electron chi connectivity index (χ2n) is 8.78. The van der Waals surface area contributed by atoms with Crippen LogP contribution in [0.4, 0.5) is 0 Å². The number of carbonyl (C=O) groups is 2. The minimum absolute atomic E-state index is 0.155. The van der Waals surface area contributed by atoms with Gasteiger partial charge in [0.1, 0.15) is 0 Å². The number of rotatable bonds is 13. The standard InChI is InChI=1S/C33H36N2O4/c1-6-30(27-15-10-8-11-16-27)35-33(39)24(3)19-20-28(22-32(37)38)25(4)29(17-13-21-36)26(5)34-31-18-12-7-9-14-23(31)2/h8-22,30,34,36H,3-7H2,1-2H3,(H,35,39)(H,37,38)/b20-19-,21-13+,28-22-,29-17+/t30-/m1/s1. The Kier molecular flexibility index (Phi) is 12.0. The van der Waals surface area contributed by atoms with Gasteiger partial charge in [0, 0.05) is 28.6 Å². The first-order valence-corrected chi connectivity index (χ1v) is 12.6. The third-order valence-electron chi connectivity index (χ3n) is 5.93. The molecule has 0 saturated heterocycles. The summed E-state index contributed by atoms with van der Waals surface area (Å²) in [4.78, 5) is 24.5. The third kappa shape index (κ3) is 9.52. The van der Waals surface area contributed by atoms with Crippen LogP contribution in [-0.2, 0) is 9.59 Å². The van der Waals surface area contributed by atoms with Gasteiger partial charge < -0.3 is 20.8 Å². The summed E-state index contributed by atoms with van der Waals surface area (Å²) < 4.78 is 0. The molecule has 2 rings (SSSR count). The number of nitrogens with one attached hydrogen (secondary N) is 2. The Balaban J connectivity index is 2.29. The van der Waals surface area contributed by atoms with Crippen molar-refractivity contribution in [2.24, 2.45) is 0 Å². The molecule has 0 heterocycles. The highest BCUT2D eigenvalue weighted by Gasteiger charge is 2.15. The molecule has 1 aliphatic carbocycles. The molecule has 1 aliphatic rings. The largest absolute Gasteiger partial charge is 0.516 e. The van der Waals surface area contributed by atoms with Crippen LogP contribution >= 0.6 is 0 Å². The van der Waals surface area contributed by atoms with Crippen molar-refractivity contribution in [3.05, 3.63) is 156 Å². The second kappa shape index (κ2) is 15.4. The van der Waals surface area contributed by atoms with Crippen molar-refractivity contribution in [1.29, 1.82) is 0 Å². The second-order valence-corrected chi connectivity index (χ2v) is 8.78. The fourth-order valence-electron chi connectivity index (χ4n) is 3.77. The van der Waals surface area contributed by atoms with E-state index in [0.717, 1.165) is 35.6 Å². The number of allylic oxidation sites excluding steroid dienone is 10. The summed E-state index contributed by atoms with van der Waals surface area (Å²) in [6.07, 6.45) is 17.2. The van der Waals surface area contributed by atoms with E-state index in [9.17, 15) is 19.8 Å². The van der Waals surface area contributed by atoms with Gasteiger partial charge in [0.25, 0.3) is 5.91 Å². The molecule has 0 aliphatic heterocycles. The van der Waals surface area contributed by atoms with E-state index in [2.05, 4.69) is 30.4 Å². The summed E-state index contributed by atoms with van der Waals surface area (Å²) in [7, 11) is 0. The van der Waals surface area contributed by atoms with E-state index in [-0.39, 0.29) is 23.1 Å². The Bertz CT molecular complexity index is 1320. The number of carboxylic acids is 1. The van der Waals surface area contributed by atoms with Crippen LogP contribution in [0.3, 0.4) is 0 Å². The number of amides is 1. The zero-order valence-electron chi connectivity index (χ0n) is 22.5. The summed E-state index contributed by atoms with van der Waals surface area (Å²) in [5.41, 5.74) is 4.42. The van der Waals surface area contributed by atoms with Gasteiger partial charge in [0.2, 0.25) is 0 Å². The highest BCUT2D eigenvalue weighted by molar-refractivity contribution is 5.96. The van der Waals surface area contributed by atoms with Crippen molar-refractivity contribution in [2.75, 3.05) is 0 Å². The van der Waals surface area contributed by atoms with E-state index in [4.69, 9.17) is 0 Å². The lowest BCUT2D eigenvalue weighted by Gasteiger charge is -2.18. The molecule has 0 fully saturated rings. The van der Waals surface area contributed by atoms with Gasteiger partial charge in [0.15, 0.2) is 0 Å². The van der Waals surface area contributed by atoms with Crippen LogP contribution in [-0.4, -0.2) is 22.1 Å². The predicted molar refractivity (Wildman–Crippen MR) is 158 cm³/mol. The van der Waals surface area contributed by atoms with E-state index >= 15 is 0 Å². The van der Waals surface area contributed by atoms with Crippen LogP contribution in [0.1, 0.15) is 38.3 Å². The first kappa shape index (κ1) is 30.4. The molecule has 6 heteroatoms. The molecule has 0 saturated carbocycles. The quantitative estimate of drug-likeness (QED) is 0.129. The number of benzene rings is 1. The van der Waals surface area contributed by atoms with Crippen LogP contribution in [0.25, 0.3) is 0 Å². The number of aliphatic hydroxyl groups is 1. The zero-order chi connectivity index (χ0) is 28.8. The van der Waals surface area contributed by atoms with Crippen molar-refractivity contribution < 1.29 is 19.8 Å². The average Bonchev–Trinajstić information content (AvgIpc) is 3.13. The molecule has 1 atom stereocenters. The number of hydrogen-bond acceptors (Lipinski definition) is 4. The Morgan fingerprint density at radius 2 is 1.77 bits per heavy atom. The highest BCUT2D eigenvalue weighted by Crippen LogP contribution is 2.26. The molecule has 0 aromatic heterocycles. The van der Waals surface area contributed by atoms with Gasteiger partial charge in [-0.2, -0.15) is 0 Å². The summed E-state index contributed by atoms with van der Waals surface area (Å²) in [6, 6.07) is 9.43. The van der Waals surface area contributed by atoms with Gasteiger partial charge in [0.05, 0.1) is 12.3 Å². The average molecular weight is 525 g/mol. The molecular formula is C33H36N2O4. The fraction of sp³-hybridized carbons (Fsp3) is 0.152. The van der Waals surface area contributed by atoms with Crippen molar-refractivity contribution in [3.8, 4) is 0 Å². The molecule has 1 aromatic carbocycles. The maximum Gasteiger partial charge on any atom is 0.328 e. The number of carboxylic acid groups (broad SMARTS) is 1. The van der Waals surface area contributed by atoms with Crippen LogP contribution in [0, 0.1) is 0 Å². The summed E-state index contributed by atoms with van der Waals surface area (Å²) >= 11 is 0. The molecule has 202 valence electrons. The minimum atomic E-state index is -1.19. The maximum atomic E-state index is 12.8. The molecular weight excluding hydrogens is 488 g/mol. The predicted octanol–water partition coefficient (Wildman–Crippen LogP) is 6.83. The van der Waals surface area contributed by atoms with E-state index < -0.39 is 5.97 Å². The van der Waals surface area contributed by atoms with Crippen LogP contribution in [0.15, 0.2) is 150 Å². The van der Waals surface area contributed by atoms with Gasteiger partial charge in [-0.25, -0.2) is 4.79 Å². The SMILES string of the molecule is C=C(/C=C\C(=C\C(=O)O)C(=C)/C(=C\C=C\O)C(=C)NC1=C(C)C=CCC=C1)C(=O)N[C@H](CC)c1ccccc1. The summed E-state index contributed by atoms with van der Waals surface area (Å²) in [6.45, 7) is 16.0. The highest BCUT2D eigenvalue weighted by atomic mass is 16.4. The van der Waals surface area contributed by atoms with Crippen LogP contribution in [0.2, 0.25) is 0 Å². The van der Waals surface area contributed by atoms with Crippen molar-refractivity contribution in [3.63, 3.8) is 0 Å². The first-order chi connectivity index (χ1) is 18.7. The Morgan fingerprint density at radius 3 is 2.41 bits per heavy atom. The summed E-state index contributed by atoms with van der Waals surface area (Å²) in [5, 5.41) is 25.0. The van der Waals surface area contributed by atoms with Gasteiger partial charge >= 0.3 is 5.97 Å². The first-order valence-electron chi connectivity index (χ1n) is 12.6. The number of aliphatic hydroxyl groups excluding tert-OH is 1. The lowest BCUT2D eigenvalue weighted by Crippen LogP contribution is -2.28. The molecule has 0 radical (unpaired) electrons. The Labute approximate surface area is 230 Å².